The number of carbonyl (C=O) groups is 1. The van der Waals surface area contributed by atoms with Crippen molar-refractivity contribution in [1.29, 1.82) is 0 Å². The molecule has 20 heavy (non-hydrogen) atoms. The van der Waals surface area contributed by atoms with Crippen LogP contribution < -0.4 is 5.73 Å². The van der Waals surface area contributed by atoms with Gasteiger partial charge in [-0.15, -0.1) is 11.8 Å². The highest BCUT2D eigenvalue weighted by atomic mass is 35.5. The lowest BCUT2D eigenvalue weighted by atomic mass is 10.3. The molecule has 0 saturated carbocycles. The Morgan fingerprint density at radius 1 is 1.50 bits per heavy atom. The lowest BCUT2D eigenvalue weighted by Gasteiger charge is -2.05. The molecule has 0 atom stereocenters. The molecular weight excluding hydrogens is 298 g/mol. The summed E-state index contributed by atoms with van der Waals surface area (Å²) >= 11 is 7.56. The molecule has 106 valence electrons. The van der Waals surface area contributed by atoms with Crippen LogP contribution in [0.15, 0.2) is 33.6 Å². The SMILES string of the molecule is COC(=O)c1oc(CSc2c(N)cccc2Cl)cc1C. The van der Waals surface area contributed by atoms with E-state index in [-0.39, 0.29) is 5.76 Å². The third-order valence-corrected chi connectivity index (χ3v) is 4.30. The summed E-state index contributed by atoms with van der Waals surface area (Å²) in [5, 5.41) is 0.603. The molecule has 0 aliphatic heterocycles. The predicted octanol–water partition coefficient (Wildman–Crippen LogP) is 3.90. The van der Waals surface area contributed by atoms with Crippen LogP contribution in [0.4, 0.5) is 5.69 Å². The second-order valence-electron chi connectivity index (χ2n) is 4.16. The first-order chi connectivity index (χ1) is 9.52. The van der Waals surface area contributed by atoms with Crippen molar-refractivity contribution in [1.82, 2.24) is 0 Å². The molecule has 2 N–H and O–H groups in total. The molecular formula is C14H14ClNO3S. The van der Waals surface area contributed by atoms with Gasteiger partial charge in [0.1, 0.15) is 5.76 Å². The van der Waals surface area contributed by atoms with Gasteiger partial charge in [0.25, 0.3) is 0 Å². The van der Waals surface area contributed by atoms with Crippen LogP contribution in [0.3, 0.4) is 0 Å². The van der Waals surface area contributed by atoms with Crippen LogP contribution in [0, 0.1) is 6.92 Å². The van der Waals surface area contributed by atoms with E-state index >= 15 is 0 Å². The summed E-state index contributed by atoms with van der Waals surface area (Å²) in [6.45, 7) is 1.80. The Hall–Kier alpha value is -1.59. The van der Waals surface area contributed by atoms with Crippen LogP contribution in [0.1, 0.15) is 21.9 Å². The number of furan rings is 1. The minimum Gasteiger partial charge on any atom is -0.463 e. The summed E-state index contributed by atoms with van der Waals surface area (Å²) in [5.41, 5.74) is 7.25. The number of anilines is 1. The van der Waals surface area contributed by atoms with E-state index in [0.717, 1.165) is 10.5 Å². The number of nitrogen functional groups attached to an aromatic ring is 1. The first-order valence-corrected chi connectivity index (χ1v) is 7.23. The fourth-order valence-corrected chi connectivity index (χ4v) is 2.95. The Bertz CT molecular complexity index is 619. The number of methoxy groups -OCH3 is 1. The zero-order valence-corrected chi connectivity index (χ0v) is 12.7. The van der Waals surface area contributed by atoms with E-state index in [1.807, 2.05) is 6.07 Å². The lowest BCUT2D eigenvalue weighted by Crippen LogP contribution is -2.00. The smallest absolute Gasteiger partial charge is 0.374 e. The van der Waals surface area contributed by atoms with Gasteiger partial charge in [0.05, 0.1) is 17.9 Å². The molecule has 1 aromatic carbocycles. The maximum atomic E-state index is 11.5. The number of esters is 1. The Morgan fingerprint density at radius 2 is 2.25 bits per heavy atom. The molecule has 2 aromatic rings. The lowest BCUT2D eigenvalue weighted by molar-refractivity contribution is 0.0562. The molecule has 1 heterocycles. The molecule has 0 bridgehead atoms. The number of carbonyl (C=O) groups excluding carboxylic acids is 1. The number of ether oxygens (including phenoxy) is 1. The molecule has 0 radical (unpaired) electrons. The van der Waals surface area contributed by atoms with Crippen LogP contribution in [-0.2, 0) is 10.5 Å². The van der Waals surface area contributed by atoms with E-state index in [2.05, 4.69) is 4.74 Å². The highest BCUT2D eigenvalue weighted by Crippen LogP contribution is 2.35. The number of rotatable bonds is 4. The van der Waals surface area contributed by atoms with Crippen molar-refractivity contribution in [3.05, 3.63) is 46.4 Å². The minimum absolute atomic E-state index is 0.232. The maximum absolute atomic E-state index is 11.5. The highest BCUT2D eigenvalue weighted by molar-refractivity contribution is 7.98. The van der Waals surface area contributed by atoms with Gasteiger partial charge in [-0.25, -0.2) is 4.79 Å². The summed E-state index contributed by atoms with van der Waals surface area (Å²) in [7, 11) is 1.32. The van der Waals surface area contributed by atoms with Gasteiger partial charge >= 0.3 is 5.97 Å². The van der Waals surface area contributed by atoms with Crippen molar-refractivity contribution in [2.75, 3.05) is 12.8 Å². The molecule has 0 saturated heterocycles. The molecule has 0 fully saturated rings. The summed E-state index contributed by atoms with van der Waals surface area (Å²) in [6, 6.07) is 7.19. The van der Waals surface area contributed by atoms with Gasteiger partial charge in [-0.1, -0.05) is 17.7 Å². The van der Waals surface area contributed by atoms with E-state index in [1.165, 1.54) is 18.9 Å². The maximum Gasteiger partial charge on any atom is 0.374 e. The van der Waals surface area contributed by atoms with Gasteiger partial charge in [0.2, 0.25) is 5.76 Å². The number of aryl methyl sites for hydroxylation is 1. The number of hydrogen-bond donors (Lipinski definition) is 1. The summed E-state index contributed by atoms with van der Waals surface area (Å²) in [6.07, 6.45) is 0. The average molecular weight is 312 g/mol. The monoisotopic (exact) mass is 311 g/mol. The van der Waals surface area contributed by atoms with Crippen molar-refractivity contribution in [3.63, 3.8) is 0 Å². The van der Waals surface area contributed by atoms with Gasteiger partial charge < -0.3 is 14.9 Å². The van der Waals surface area contributed by atoms with E-state index in [1.54, 1.807) is 25.1 Å². The standard InChI is InChI=1S/C14H14ClNO3S/c1-8-6-9(19-12(8)14(17)18-2)7-20-13-10(15)4-3-5-11(13)16/h3-6H,7,16H2,1-2H3. The summed E-state index contributed by atoms with van der Waals surface area (Å²) in [4.78, 5) is 12.3. The Balaban J connectivity index is 2.14. The zero-order chi connectivity index (χ0) is 14.7. The Labute approximate surface area is 126 Å². The molecule has 6 heteroatoms. The quantitative estimate of drug-likeness (QED) is 0.527. The van der Waals surface area contributed by atoms with Crippen LogP contribution in [0.25, 0.3) is 0 Å². The number of benzene rings is 1. The fraction of sp³-hybridized carbons (Fsp3) is 0.214. The summed E-state index contributed by atoms with van der Waals surface area (Å²) < 4.78 is 10.1. The fourth-order valence-electron chi connectivity index (χ4n) is 1.74. The molecule has 2 rings (SSSR count). The second kappa shape index (κ2) is 6.24. The van der Waals surface area contributed by atoms with E-state index in [0.29, 0.717) is 22.2 Å². The zero-order valence-electron chi connectivity index (χ0n) is 11.1. The normalized spacial score (nSPS) is 10.6. The largest absolute Gasteiger partial charge is 0.463 e. The van der Waals surface area contributed by atoms with Gasteiger partial charge in [-0.3, -0.25) is 0 Å². The molecule has 0 amide bonds. The highest BCUT2D eigenvalue weighted by Gasteiger charge is 2.16. The van der Waals surface area contributed by atoms with Gasteiger partial charge in [-0.05, 0) is 25.1 Å². The first-order valence-electron chi connectivity index (χ1n) is 5.87. The number of thioether (sulfide) groups is 1. The third-order valence-electron chi connectivity index (χ3n) is 2.70. The number of hydrogen-bond acceptors (Lipinski definition) is 5. The topological polar surface area (TPSA) is 65.5 Å². The predicted molar refractivity (Wildman–Crippen MR) is 80.2 cm³/mol. The van der Waals surface area contributed by atoms with Crippen LogP contribution in [0.5, 0.6) is 0 Å². The van der Waals surface area contributed by atoms with Crippen molar-refractivity contribution in [2.24, 2.45) is 0 Å². The third kappa shape index (κ3) is 3.11. The van der Waals surface area contributed by atoms with E-state index in [4.69, 9.17) is 21.8 Å². The molecule has 0 spiro atoms. The number of nitrogens with two attached hydrogens (primary N) is 1. The van der Waals surface area contributed by atoms with Crippen molar-refractivity contribution in [3.8, 4) is 0 Å². The van der Waals surface area contributed by atoms with Gasteiger partial charge in [0.15, 0.2) is 0 Å². The average Bonchev–Trinajstić information content (AvgIpc) is 2.78. The van der Waals surface area contributed by atoms with E-state index in [9.17, 15) is 4.79 Å². The van der Waals surface area contributed by atoms with Crippen LogP contribution >= 0.6 is 23.4 Å². The molecule has 0 aliphatic carbocycles. The second-order valence-corrected chi connectivity index (χ2v) is 5.56. The molecule has 0 unspecified atom stereocenters. The van der Waals surface area contributed by atoms with Crippen molar-refractivity contribution in [2.45, 2.75) is 17.6 Å². The minimum atomic E-state index is -0.476. The van der Waals surface area contributed by atoms with Crippen LogP contribution in [0.2, 0.25) is 5.02 Å². The molecule has 1 aromatic heterocycles. The van der Waals surface area contributed by atoms with Crippen molar-refractivity contribution < 1.29 is 13.9 Å². The first kappa shape index (κ1) is 14.8. The van der Waals surface area contributed by atoms with Crippen molar-refractivity contribution >= 4 is 35.0 Å². The van der Waals surface area contributed by atoms with Gasteiger partial charge in [-0.2, -0.15) is 0 Å². The number of halogens is 1. The van der Waals surface area contributed by atoms with Crippen LogP contribution in [-0.4, -0.2) is 13.1 Å². The summed E-state index contributed by atoms with van der Waals surface area (Å²) in [5.74, 6) is 0.963. The Kier molecular flexibility index (Phi) is 4.62. The Morgan fingerprint density at radius 3 is 2.90 bits per heavy atom. The van der Waals surface area contributed by atoms with Gasteiger partial charge in [0, 0.05) is 16.1 Å². The van der Waals surface area contributed by atoms with E-state index < -0.39 is 5.97 Å². The molecule has 4 nitrogen and oxygen atoms in total. The molecule has 0 aliphatic rings.